The van der Waals surface area contributed by atoms with Crippen LogP contribution in [0.1, 0.15) is 30.5 Å². The second-order valence-electron chi connectivity index (χ2n) is 10.6. The maximum atomic E-state index is 11.6. The first-order chi connectivity index (χ1) is 20.4. The summed E-state index contributed by atoms with van der Waals surface area (Å²) in [5.41, 5.74) is 6.68. The van der Waals surface area contributed by atoms with Gasteiger partial charge in [-0.1, -0.05) is 93.2 Å². The minimum atomic E-state index is -0.480. The molecule has 0 atom stereocenters. The maximum Gasteiger partial charge on any atom is 0.335 e. The summed E-state index contributed by atoms with van der Waals surface area (Å²) in [6, 6.07) is 45.1. The van der Waals surface area contributed by atoms with E-state index in [4.69, 9.17) is 9.47 Å². The Morgan fingerprint density at radius 3 is 1.76 bits per heavy atom. The number of hydrogen-bond donors (Lipinski definition) is 0. The fraction of sp³-hybridized carbons (Fsp3) is 0.132. The number of carbonyl (C=O) groups is 1. The normalized spacial score (nSPS) is 11.0. The van der Waals surface area contributed by atoms with Crippen LogP contribution in [-0.4, -0.2) is 12.6 Å². The molecule has 4 nitrogen and oxygen atoms in total. The van der Waals surface area contributed by atoms with Gasteiger partial charge in [-0.25, -0.2) is 4.79 Å². The van der Waals surface area contributed by atoms with Crippen molar-refractivity contribution in [3.05, 3.63) is 163 Å². The molecule has 0 heterocycles. The zero-order chi connectivity index (χ0) is 29.4. The lowest BCUT2D eigenvalue weighted by atomic mass is 9.78. The molecule has 5 aromatic carbocycles. The minimum absolute atomic E-state index is 0.0739. The molecule has 0 spiro atoms. The van der Waals surface area contributed by atoms with Crippen molar-refractivity contribution in [2.45, 2.75) is 25.7 Å². The molecule has 0 aromatic heterocycles. The van der Waals surface area contributed by atoms with Crippen molar-refractivity contribution >= 4 is 23.0 Å². The van der Waals surface area contributed by atoms with Crippen LogP contribution in [0.15, 0.2) is 146 Å². The summed E-state index contributed by atoms with van der Waals surface area (Å²) in [4.78, 5) is 13.7. The highest BCUT2D eigenvalue weighted by Gasteiger charge is 2.22. The van der Waals surface area contributed by atoms with E-state index < -0.39 is 5.97 Å². The van der Waals surface area contributed by atoms with Gasteiger partial charge in [-0.15, -0.1) is 0 Å². The molecule has 0 aliphatic rings. The minimum Gasteiger partial charge on any atom is -0.493 e. The highest BCUT2D eigenvalue weighted by Crippen LogP contribution is 2.35. The Morgan fingerprint density at radius 2 is 1.17 bits per heavy atom. The monoisotopic (exact) mass is 553 g/mol. The van der Waals surface area contributed by atoms with Gasteiger partial charge in [-0.05, 0) is 77.4 Å². The van der Waals surface area contributed by atoms with Gasteiger partial charge in [0.1, 0.15) is 11.5 Å². The fourth-order valence-electron chi connectivity index (χ4n) is 4.93. The fourth-order valence-corrected chi connectivity index (χ4v) is 4.93. The average Bonchev–Trinajstić information content (AvgIpc) is 3.04. The van der Waals surface area contributed by atoms with E-state index in [2.05, 4.69) is 116 Å². The molecule has 0 saturated carbocycles. The lowest BCUT2D eigenvalue weighted by molar-refractivity contribution is -0.128. The Kier molecular flexibility index (Phi) is 8.84. The number of hydrogen-bond acceptors (Lipinski definition) is 4. The molecular formula is C38H35NO3. The molecule has 0 aliphatic heterocycles. The first kappa shape index (κ1) is 28.4. The Morgan fingerprint density at radius 1 is 0.667 bits per heavy atom. The van der Waals surface area contributed by atoms with Crippen molar-refractivity contribution < 1.29 is 14.3 Å². The summed E-state index contributed by atoms with van der Waals surface area (Å²) in [6.07, 6.45) is 1.95. The van der Waals surface area contributed by atoms with Gasteiger partial charge < -0.3 is 14.4 Å². The van der Waals surface area contributed by atoms with Crippen molar-refractivity contribution in [3.63, 3.8) is 0 Å². The van der Waals surface area contributed by atoms with Crippen LogP contribution < -0.4 is 14.4 Å². The Balaban J connectivity index is 1.24. The summed E-state index contributed by atoms with van der Waals surface area (Å²) in [7, 11) is 0. The molecule has 4 heteroatoms. The number of rotatable bonds is 11. The Bertz CT molecular complexity index is 1590. The van der Waals surface area contributed by atoms with Gasteiger partial charge in [0.05, 0.1) is 6.61 Å². The summed E-state index contributed by atoms with van der Waals surface area (Å²) in [6.45, 7) is 8.54. The number of nitrogens with zero attached hydrogens (tertiary/aromatic N) is 1. The first-order valence-corrected chi connectivity index (χ1v) is 14.1. The zero-order valence-corrected chi connectivity index (χ0v) is 24.1. The van der Waals surface area contributed by atoms with E-state index in [1.54, 1.807) is 12.1 Å². The lowest BCUT2D eigenvalue weighted by Crippen LogP contribution is -2.18. The van der Waals surface area contributed by atoms with Crippen LogP contribution in [0.25, 0.3) is 0 Å². The molecule has 42 heavy (non-hydrogen) atoms. The van der Waals surface area contributed by atoms with Crippen LogP contribution in [0.5, 0.6) is 11.5 Å². The number of carbonyl (C=O) groups excluding carboxylic acids is 1. The zero-order valence-electron chi connectivity index (χ0n) is 24.1. The van der Waals surface area contributed by atoms with Crippen LogP contribution in [-0.2, 0) is 16.6 Å². The Labute approximate surface area is 248 Å². The second kappa shape index (κ2) is 13.0. The van der Waals surface area contributed by atoms with Gasteiger partial charge in [0.15, 0.2) is 0 Å². The van der Waals surface area contributed by atoms with Crippen LogP contribution in [0.3, 0.4) is 0 Å². The van der Waals surface area contributed by atoms with E-state index in [0.29, 0.717) is 12.4 Å². The summed E-state index contributed by atoms with van der Waals surface area (Å²) in [5, 5.41) is 0. The topological polar surface area (TPSA) is 38.8 Å². The standard InChI is InChI=1S/C38H35NO3/c1-4-37(40)42-36-25-21-34(22-26-36)39(32-13-9-6-10-14-32)33-19-15-29(16-20-33)27-28-41-35-23-17-31(18-24-35)38(2,3)30-11-7-5-8-12-30/h4-26H,1,27-28H2,2-3H3. The van der Waals surface area contributed by atoms with E-state index in [1.807, 2.05) is 30.3 Å². The quantitative estimate of drug-likeness (QED) is 0.0928. The van der Waals surface area contributed by atoms with Crippen LogP contribution in [0.2, 0.25) is 0 Å². The van der Waals surface area contributed by atoms with E-state index in [9.17, 15) is 4.79 Å². The molecule has 0 aliphatic carbocycles. The van der Waals surface area contributed by atoms with E-state index >= 15 is 0 Å². The molecule has 0 saturated heterocycles. The summed E-state index contributed by atoms with van der Waals surface area (Å²) < 4.78 is 11.3. The van der Waals surface area contributed by atoms with E-state index in [1.165, 1.54) is 16.7 Å². The summed E-state index contributed by atoms with van der Waals surface area (Å²) >= 11 is 0. The molecule has 5 aromatic rings. The van der Waals surface area contributed by atoms with Crippen molar-refractivity contribution in [1.82, 2.24) is 0 Å². The van der Waals surface area contributed by atoms with Gasteiger partial charge >= 0.3 is 5.97 Å². The number of anilines is 3. The molecular weight excluding hydrogens is 518 g/mol. The third-order valence-electron chi connectivity index (χ3n) is 7.42. The van der Waals surface area contributed by atoms with Gasteiger partial charge in [0.25, 0.3) is 0 Å². The molecule has 5 rings (SSSR count). The second-order valence-corrected chi connectivity index (χ2v) is 10.6. The first-order valence-electron chi connectivity index (χ1n) is 14.1. The highest BCUT2D eigenvalue weighted by molar-refractivity contribution is 5.83. The van der Waals surface area contributed by atoms with Crippen LogP contribution in [0, 0.1) is 0 Å². The van der Waals surface area contributed by atoms with Gasteiger partial charge in [0.2, 0.25) is 0 Å². The third-order valence-corrected chi connectivity index (χ3v) is 7.42. The summed E-state index contributed by atoms with van der Waals surface area (Å²) in [5.74, 6) is 0.865. The average molecular weight is 554 g/mol. The van der Waals surface area contributed by atoms with Gasteiger partial charge in [-0.3, -0.25) is 0 Å². The third kappa shape index (κ3) is 6.79. The van der Waals surface area contributed by atoms with Crippen molar-refractivity contribution in [3.8, 4) is 11.5 Å². The number of ether oxygens (including phenoxy) is 2. The van der Waals surface area contributed by atoms with Crippen LogP contribution >= 0.6 is 0 Å². The largest absolute Gasteiger partial charge is 0.493 e. The van der Waals surface area contributed by atoms with Crippen LogP contribution in [0.4, 0.5) is 17.1 Å². The molecule has 210 valence electrons. The molecule has 0 radical (unpaired) electrons. The van der Waals surface area contributed by atoms with Crippen molar-refractivity contribution in [1.29, 1.82) is 0 Å². The van der Waals surface area contributed by atoms with Crippen molar-refractivity contribution in [2.75, 3.05) is 11.5 Å². The lowest BCUT2D eigenvalue weighted by Gasteiger charge is -2.26. The predicted molar refractivity (Wildman–Crippen MR) is 171 cm³/mol. The molecule has 0 bridgehead atoms. The maximum absolute atomic E-state index is 11.6. The predicted octanol–water partition coefficient (Wildman–Crippen LogP) is 9.20. The van der Waals surface area contributed by atoms with E-state index in [0.717, 1.165) is 35.3 Å². The molecule has 0 unspecified atom stereocenters. The smallest absolute Gasteiger partial charge is 0.335 e. The molecule has 0 N–H and O–H groups in total. The number of benzene rings is 5. The molecule has 0 amide bonds. The van der Waals surface area contributed by atoms with Crippen molar-refractivity contribution in [2.24, 2.45) is 0 Å². The van der Waals surface area contributed by atoms with E-state index in [-0.39, 0.29) is 5.41 Å². The Hall–Kier alpha value is -5.09. The van der Waals surface area contributed by atoms with Gasteiger partial charge in [0, 0.05) is 35.0 Å². The SMILES string of the molecule is C=CC(=O)Oc1ccc(N(c2ccccc2)c2ccc(CCOc3ccc(C(C)(C)c4ccccc4)cc3)cc2)cc1. The van der Waals surface area contributed by atoms with Gasteiger partial charge in [-0.2, -0.15) is 0 Å². The number of esters is 1. The highest BCUT2D eigenvalue weighted by atomic mass is 16.5. The number of para-hydroxylation sites is 1. The molecule has 0 fully saturated rings.